The molecule has 2 amide bonds. The first-order valence-electron chi connectivity index (χ1n) is 6.95. The molecule has 0 unspecified atom stereocenters. The number of nitrogens with one attached hydrogen (secondary N) is 1. The third kappa shape index (κ3) is 4.54. The van der Waals surface area contributed by atoms with Gasteiger partial charge in [0, 0.05) is 18.8 Å². The van der Waals surface area contributed by atoms with E-state index in [2.05, 4.69) is 5.32 Å². The van der Waals surface area contributed by atoms with Crippen LogP contribution in [0.2, 0.25) is 0 Å². The highest BCUT2D eigenvalue weighted by Crippen LogP contribution is 2.21. The van der Waals surface area contributed by atoms with E-state index in [0.29, 0.717) is 5.69 Å². The van der Waals surface area contributed by atoms with Crippen molar-refractivity contribution in [1.82, 2.24) is 4.90 Å². The summed E-state index contributed by atoms with van der Waals surface area (Å²) in [5.74, 6) is -1.52. The number of aliphatic hydroxyl groups excluding tert-OH is 2. The highest BCUT2D eigenvalue weighted by atomic mass is 16.3. The van der Waals surface area contributed by atoms with Gasteiger partial charge in [-0.15, -0.1) is 0 Å². The summed E-state index contributed by atoms with van der Waals surface area (Å²) in [5.41, 5.74) is 2.48. The molecule has 1 rings (SSSR count). The molecular weight excluding hydrogens is 272 g/mol. The van der Waals surface area contributed by atoms with Crippen LogP contribution >= 0.6 is 0 Å². The average molecular weight is 294 g/mol. The molecule has 0 aromatic heterocycles. The second kappa shape index (κ2) is 8.39. The molecule has 1 aromatic carbocycles. The van der Waals surface area contributed by atoms with Gasteiger partial charge in [0.1, 0.15) is 0 Å². The number of carbonyl (C=O) groups excluding carboxylic acids is 2. The van der Waals surface area contributed by atoms with E-state index < -0.39 is 11.8 Å². The Morgan fingerprint density at radius 3 is 2.33 bits per heavy atom. The van der Waals surface area contributed by atoms with Crippen molar-refractivity contribution in [2.24, 2.45) is 0 Å². The van der Waals surface area contributed by atoms with Gasteiger partial charge in [-0.2, -0.15) is 0 Å². The number of benzene rings is 1. The first kappa shape index (κ1) is 17.1. The molecule has 3 N–H and O–H groups in total. The minimum atomic E-state index is -0.763. The lowest BCUT2D eigenvalue weighted by Crippen LogP contribution is -2.42. The fourth-order valence-electron chi connectivity index (χ4n) is 2.07. The number of anilines is 1. The van der Waals surface area contributed by atoms with E-state index in [0.717, 1.165) is 22.4 Å². The molecule has 0 fully saturated rings. The molecule has 1 aromatic rings. The Morgan fingerprint density at radius 2 is 1.81 bits per heavy atom. The van der Waals surface area contributed by atoms with Gasteiger partial charge in [-0.05, 0) is 24.5 Å². The number of para-hydroxylation sites is 1. The van der Waals surface area contributed by atoms with Crippen molar-refractivity contribution in [2.45, 2.75) is 20.3 Å². The maximum atomic E-state index is 12.1. The monoisotopic (exact) mass is 294 g/mol. The molecule has 0 spiro atoms. The third-order valence-corrected chi connectivity index (χ3v) is 3.20. The Kier molecular flexibility index (Phi) is 6.84. The van der Waals surface area contributed by atoms with Crippen LogP contribution in [0, 0.1) is 6.92 Å². The number of hydrogen-bond acceptors (Lipinski definition) is 4. The quantitative estimate of drug-likeness (QED) is 0.659. The number of rotatable bonds is 6. The van der Waals surface area contributed by atoms with E-state index in [4.69, 9.17) is 10.2 Å². The Hall–Kier alpha value is -1.92. The second-order valence-electron chi connectivity index (χ2n) is 4.66. The summed E-state index contributed by atoms with van der Waals surface area (Å²) in [7, 11) is 0. The van der Waals surface area contributed by atoms with Crippen LogP contribution in [-0.4, -0.2) is 53.2 Å². The van der Waals surface area contributed by atoms with Crippen molar-refractivity contribution < 1.29 is 19.8 Å². The van der Waals surface area contributed by atoms with Crippen molar-refractivity contribution in [2.75, 3.05) is 31.6 Å². The highest BCUT2D eigenvalue weighted by Gasteiger charge is 2.22. The predicted octanol–water partition coefficient (Wildman–Crippen LogP) is 0.309. The third-order valence-electron chi connectivity index (χ3n) is 3.20. The molecule has 0 heterocycles. The first-order valence-corrected chi connectivity index (χ1v) is 6.95. The zero-order valence-corrected chi connectivity index (χ0v) is 12.4. The molecule has 0 aliphatic rings. The summed E-state index contributed by atoms with van der Waals surface area (Å²) in [4.78, 5) is 25.2. The molecular formula is C15H22N2O4. The van der Waals surface area contributed by atoms with E-state index in [9.17, 15) is 9.59 Å². The first-order chi connectivity index (χ1) is 10.0. The van der Waals surface area contributed by atoms with E-state index in [-0.39, 0.29) is 26.3 Å². The van der Waals surface area contributed by atoms with Gasteiger partial charge in [-0.1, -0.05) is 25.1 Å². The lowest BCUT2D eigenvalue weighted by molar-refractivity contribution is -0.143. The number of nitrogens with zero attached hydrogens (tertiary/aromatic N) is 1. The summed E-state index contributed by atoms with van der Waals surface area (Å²) in [6, 6.07) is 5.65. The maximum absolute atomic E-state index is 12.1. The fourth-order valence-corrected chi connectivity index (χ4v) is 2.07. The van der Waals surface area contributed by atoms with Crippen LogP contribution in [0.25, 0.3) is 0 Å². The van der Waals surface area contributed by atoms with Crippen LogP contribution in [0.4, 0.5) is 5.69 Å². The smallest absolute Gasteiger partial charge is 0.313 e. The van der Waals surface area contributed by atoms with Crippen LogP contribution in [-0.2, 0) is 16.0 Å². The molecule has 0 aliphatic heterocycles. The van der Waals surface area contributed by atoms with Crippen molar-refractivity contribution in [3.8, 4) is 0 Å². The van der Waals surface area contributed by atoms with Crippen LogP contribution in [0.15, 0.2) is 18.2 Å². The highest BCUT2D eigenvalue weighted by molar-refractivity contribution is 6.39. The molecule has 21 heavy (non-hydrogen) atoms. The fraction of sp³-hybridized carbons (Fsp3) is 0.467. The second-order valence-corrected chi connectivity index (χ2v) is 4.66. The maximum Gasteiger partial charge on any atom is 0.313 e. The zero-order valence-electron chi connectivity index (χ0n) is 12.4. The largest absolute Gasteiger partial charge is 0.395 e. The number of amides is 2. The molecule has 0 saturated carbocycles. The molecule has 0 aliphatic carbocycles. The number of aryl methyl sites for hydroxylation is 2. The van der Waals surface area contributed by atoms with Crippen molar-refractivity contribution in [3.63, 3.8) is 0 Å². The minimum Gasteiger partial charge on any atom is -0.395 e. The lowest BCUT2D eigenvalue weighted by atomic mass is 10.1. The Labute approximate surface area is 124 Å². The summed E-state index contributed by atoms with van der Waals surface area (Å²) in [6.07, 6.45) is 0.739. The molecule has 116 valence electrons. The van der Waals surface area contributed by atoms with E-state index in [1.54, 1.807) is 0 Å². The summed E-state index contributed by atoms with van der Waals surface area (Å²) in [5, 5.41) is 20.4. The lowest BCUT2D eigenvalue weighted by Gasteiger charge is -2.20. The Balaban J connectivity index is 2.87. The van der Waals surface area contributed by atoms with E-state index in [1.807, 2.05) is 32.0 Å². The van der Waals surface area contributed by atoms with Gasteiger partial charge in [0.05, 0.1) is 13.2 Å². The normalized spacial score (nSPS) is 10.3. The van der Waals surface area contributed by atoms with Crippen LogP contribution in [0.3, 0.4) is 0 Å². The average Bonchev–Trinajstić information content (AvgIpc) is 2.48. The molecule has 0 saturated heterocycles. The van der Waals surface area contributed by atoms with Crippen molar-refractivity contribution in [3.05, 3.63) is 29.3 Å². The van der Waals surface area contributed by atoms with Gasteiger partial charge in [0.15, 0.2) is 0 Å². The van der Waals surface area contributed by atoms with E-state index in [1.165, 1.54) is 0 Å². The number of aliphatic hydroxyl groups is 2. The van der Waals surface area contributed by atoms with E-state index >= 15 is 0 Å². The van der Waals surface area contributed by atoms with Gasteiger partial charge in [-0.25, -0.2) is 0 Å². The predicted molar refractivity (Wildman–Crippen MR) is 79.9 cm³/mol. The Bertz CT molecular complexity index is 496. The minimum absolute atomic E-state index is 0.0151. The van der Waals surface area contributed by atoms with Crippen LogP contribution in [0.5, 0.6) is 0 Å². The summed E-state index contributed by atoms with van der Waals surface area (Å²) >= 11 is 0. The Morgan fingerprint density at radius 1 is 1.19 bits per heavy atom. The summed E-state index contributed by atoms with van der Waals surface area (Å²) in [6.45, 7) is 3.34. The zero-order chi connectivity index (χ0) is 15.8. The molecule has 0 atom stereocenters. The SMILES string of the molecule is CCc1cccc(C)c1NC(=O)C(=O)N(CCO)CCO. The van der Waals surface area contributed by atoms with Gasteiger partial charge in [0.2, 0.25) is 0 Å². The standard InChI is InChI=1S/C15H22N2O4/c1-3-12-6-4-5-11(2)13(12)16-14(20)15(21)17(7-9-18)8-10-19/h4-6,18-19H,3,7-10H2,1-2H3,(H,16,20). The number of hydrogen-bond donors (Lipinski definition) is 3. The van der Waals surface area contributed by atoms with Gasteiger partial charge in [-0.3, -0.25) is 9.59 Å². The van der Waals surface area contributed by atoms with Gasteiger partial charge in [0.25, 0.3) is 0 Å². The van der Waals surface area contributed by atoms with Gasteiger partial charge < -0.3 is 20.4 Å². The molecule has 0 radical (unpaired) electrons. The molecule has 6 nitrogen and oxygen atoms in total. The van der Waals surface area contributed by atoms with Crippen molar-refractivity contribution >= 4 is 17.5 Å². The van der Waals surface area contributed by atoms with Crippen molar-refractivity contribution in [1.29, 1.82) is 0 Å². The van der Waals surface area contributed by atoms with Gasteiger partial charge >= 0.3 is 11.8 Å². The van der Waals surface area contributed by atoms with Crippen LogP contribution < -0.4 is 5.32 Å². The topological polar surface area (TPSA) is 89.9 Å². The van der Waals surface area contributed by atoms with Crippen LogP contribution in [0.1, 0.15) is 18.1 Å². The molecule has 0 bridgehead atoms. The molecule has 6 heteroatoms. The summed E-state index contributed by atoms with van der Waals surface area (Å²) < 4.78 is 0. The number of carbonyl (C=O) groups is 2.